The van der Waals surface area contributed by atoms with Crippen LogP contribution in [0.15, 0.2) is 30.6 Å². The molecule has 1 aromatic heterocycles. The van der Waals surface area contributed by atoms with Crippen LogP contribution in [0.5, 0.6) is 11.5 Å². The summed E-state index contributed by atoms with van der Waals surface area (Å²) in [6.07, 6.45) is 3.90. The summed E-state index contributed by atoms with van der Waals surface area (Å²) < 4.78 is 12.5. The summed E-state index contributed by atoms with van der Waals surface area (Å²) in [7, 11) is 5.20. The third-order valence-corrected chi connectivity index (χ3v) is 3.21. The van der Waals surface area contributed by atoms with Gasteiger partial charge < -0.3 is 14.8 Å². The number of methoxy groups -OCH3 is 2. The van der Waals surface area contributed by atoms with Gasteiger partial charge in [-0.15, -0.1) is 0 Å². The quantitative estimate of drug-likeness (QED) is 0.877. The highest BCUT2D eigenvalue weighted by Crippen LogP contribution is 2.32. The average molecular weight is 275 g/mol. The molecule has 1 aromatic carbocycles. The van der Waals surface area contributed by atoms with Crippen LogP contribution in [0, 0.1) is 0 Å². The maximum Gasteiger partial charge on any atom is 0.161 e. The van der Waals surface area contributed by atoms with Crippen molar-refractivity contribution in [3.63, 3.8) is 0 Å². The van der Waals surface area contributed by atoms with Crippen LogP contribution in [-0.4, -0.2) is 30.5 Å². The van der Waals surface area contributed by atoms with E-state index in [-0.39, 0.29) is 6.04 Å². The Balaban J connectivity index is 2.39. The van der Waals surface area contributed by atoms with Crippen LogP contribution in [0.2, 0.25) is 0 Å². The molecule has 0 aliphatic rings. The second-order valence-corrected chi connectivity index (χ2v) is 4.55. The van der Waals surface area contributed by atoms with E-state index in [1.165, 1.54) is 0 Å². The zero-order valence-corrected chi connectivity index (χ0v) is 12.4. The van der Waals surface area contributed by atoms with Crippen LogP contribution < -0.4 is 14.8 Å². The van der Waals surface area contributed by atoms with E-state index < -0.39 is 0 Å². The number of rotatable bonds is 6. The molecule has 0 fully saturated rings. The number of aryl methyl sites for hydroxylation is 1. The van der Waals surface area contributed by atoms with Gasteiger partial charge >= 0.3 is 0 Å². The summed E-state index contributed by atoms with van der Waals surface area (Å²) in [5, 5.41) is 7.71. The van der Waals surface area contributed by atoms with Crippen molar-refractivity contribution >= 4 is 0 Å². The fourth-order valence-electron chi connectivity index (χ4n) is 2.25. The van der Waals surface area contributed by atoms with Crippen LogP contribution in [0.4, 0.5) is 0 Å². The highest BCUT2D eigenvalue weighted by molar-refractivity contribution is 5.45. The van der Waals surface area contributed by atoms with Crippen LogP contribution in [0.1, 0.15) is 24.1 Å². The third-order valence-electron chi connectivity index (χ3n) is 3.21. The van der Waals surface area contributed by atoms with Gasteiger partial charge in [-0.1, -0.05) is 13.0 Å². The van der Waals surface area contributed by atoms with Gasteiger partial charge in [0.25, 0.3) is 0 Å². The van der Waals surface area contributed by atoms with Crippen molar-refractivity contribution in [2.24, 2.45) is 7.05 Å². The lowest BCUT2D eigenvalue weighted by atomic mass is 10.0. The van der Waals surface area contributed by atoms with Crippen LogP contribution in [0.25, 0.3) is 0 Å². The molecule has 1 atom stereocenters. The van der Waals surface area contributed by atoms with Gasteiger partial charge in [-0.25, -0.2) is 0 Å². The van der Waals surface area contributed by atoms with Crippen molar-refractivity contribution in [3.8, 4) is 11.5 Å². The first-order chi connectivity index (χ1) is 9.69. The molecule has 0 aliphatic carbocycles. The second-order valence-electron chi connectivity index (χ2n) is 4.55. The molecule has 20 heavy (non-hydrogen) atoms. The molecule has 5 nitrogen and oxygen atoms in total. The molecular formula is C15H21N3O2. The van der Waals surface area contributed by atoms with Crippen molar-refractivity contribution in [1.29, 1.82) is 0 Å². The van der Waals surface area contributed by atoms with Crippen LogP contribution in [-0.2, 0) is 7.05 Å². The number of ether oxygens (including phenoxy) is 2. The average Bonchev–Trinajstić information content (AvgIpc) is 2.90. The summed E-state index contributed by atoms with van der Waals surface area (Å²) in [5.41, 5.74) is 2.25. The normalized spacial score (nSPS) is 12.2. The topological polar surface area (TPSA) is 48.3 Å². The van der Waals surface area contributed by atoms with Crippen LogP contribution >= 0.6 is 0 Å². The van der Waals surface area contributed by atoms with Crippen LogP contribution in [0.3, 0.4) is 0 Å². The molecule has 108 valence electrons. The van der Waals surface area contributed by atoms with E-state index in [9.17, 15) is 0 Å². The molecule has 0 aliphatic heterocycles. The van der Waals surface area contributed by atoms with Crippen molar-refractivity contribution in [1.82, 2.24) is 15.1 Å². The molecule has 0 saturated carbocycles. The van der Waals surface area contributed by atoms with Gasteiger partial charge in [-0.05, 0) is 24.2 Å². The van der Waals surface area contributed by atoms with Crippen molar-refractivity contribution in [2.75, 3.05) is 20.8 Å². The predicted molar refractivity (Wildman–Crippen MR) is 78.3 cm³/mol. The number of nitrogens with zero attached hydrogens (tertiary/aromatic N) is 2. The lowest BCUT2D eigenvalue weighted by molar-refractivity contribution is 0.354. The molecule has 0 saturated heterocycles. The van der Waals surface area contributed by atoms with Gasteiger partial charge in [0.2, 0.25) is 0 Å². The first-order valence-electron chi connectivity index (χ1n) is 6.63. The van der Waals surface area contributed by atoms with Gasteiger partial charge in [0, 0.05) is 18.8 Å². The van der Waals surface area contributed by atoms with E-state index in [2.05, 4.69) is 17.3 Å². The third kappa shape index (κ3) is 2.93. The molecular weight excluding hydrogens is 254 g/mol. The Bertz CT molecular complexity index is 566. The van der Waals surface area contributed by atoms with E-state index >= 15 is 0 Å². The first-order valence-corrected chi connectivity index (χ1v) is 6.63. The van der Waals surface area contributed by atoms with Gasteiger partial charge in [-0.2, -0.15) is 5.10 Å². The molecule has 5 heteroatoms. The highest BCUT2D eigenvalue weighted by atomic mass is 16.5. The first kappa shape index (κ1) is 14.4. The van der Waals surface area contributed by atoms with E-state index in [0.29, 0.717) is 0 Å². The monoisotopic (exact) mass is 275 g/mol. The van der Waals surface area contributed by atoms with Gasteiger partial charge in [0.1, 0.15) is 0 Å². The smallest absolute Gasteiger partial charge is 0.161 e. The van der Waals surface area contributed by atoms with E-state index in [4.69, 9.17) is 9.47 Å². The highest BCUT2D eigenvalue weighted by Gasteiger charge is 2.16. The maximum atomic E-state index is 5.37. The van der Waals surface area contributed by atoms with E-state index in [1.807, 2.05) is 37.6 Å². The maximum absolute atomic E-state index is 5.37. The van der Waals surface area contributed by atoms with Gasteiger partial charge in [-0.3, -0.25) is 4.68 Å². The summed E-state index contributed by atoms with van der Waals surface area (Å²) in [6.45, 7) is 2.96. The molecule has 2 aromatic rings. The molecule has 0 bridgehead atoms. The minimum Gasteiger partial charge on any atom is -0.493 e. The largest absolute Gasteiger partial charge is 0.493 e. The lowest BCUT2D eigenvalue weighted by Gasteiger charge is -2.18. The van der Waals surface area contributed by atoms with Crippen molar-refractivity contribution < 1.29 is 9.47 Å². The second kappa shape index (κ2) is 6.43. The minimum atomic E-state index is 0.0912. The zero-order valence-electron chi connectivity index (χ0n) is 12.4. The fourth-order valence-corrected chi connectivity index (χ4v) is 2.25. The number of hydrogen-bond acceptors (Lipinski definition) is 4. The predicted octanol–water partition coefficient (Wildman–Crippen LogP) is 2.14. The molecule has 0 radical (unpaired) electrons. The molecule has 0 spiro atoms. The summed E-state index contributed by atoms with van der Waals surface area (Å²) in [6, 6.07) is 6.06. The Kier molecular flexibility index (Phi) is 4.63. The molecule has 1 unspecified atom stereocenters. The van der Waals surface area contributed by atoms with Gasteiger partial charge in [0.05, 0.1) is 26.5 Å². The summed E-state index contributed by atoms with van der Waals surface area (Å²) in [5.74, 6) is 1.47. The van der Waals surface area contributed by atoms with E-state index in [1.54, 1.807) is 18.9 Å². The zero-order chi connectivity index (χ0) is 14.5. The fraction of sp³-hybridized carbons (Fsp3) is 0.400. The summed E-state index contributed by atoms with van der Waals surface area (Å²) >= 11 is 0. The summed E-state index contributed by atoms with van der Waals surface area (Å²) in [4.78, 5) is 0. The minimum absolute atomic E-state index is 0.0912. The lowest BCUT2D eigenvalue weighted by Crippen LogP contribution is -2.21. The Morgan fingerprint density at radius 3 is 2.50 bits per heavy atom. The Morgan fingerprint density at radius 1 is 1.20 bits per heavy atom. The Hall–Kier alpha value is -2.01. The number of nitrogens with one attached hydrogen (secondary N) is 1. The Morgan fingerprint density at radius 2 is 1.95 bits per heavy atom. The molecule has 1 N–H and O–H groups in total. The molecule has 1 heterocycles. The van der Waals surface area contributed by atoms with Gasteiger partial charge in [0.15, 0.2) is 11.5 Å². The number of benzene rings is 1. The van der Waals surface area contributed by atoms with Crippen molar-refractivity contribution in [3.05, 3.63) is 41.7 Å². The Labute approximate surface area is 119 Å². The number of hydrogen-bond donors (Lipinski definition) is 1. The molecule has 2 rings (SSSR count). The standard InChI is InChI=1S/C15H21N3O2/c1-5-16-15(12-9-17-18(2)10-12)11-6-7-13(19-3)14(8-11)20-4/h6-10,15-16H,5H2,1-4H3. The van der Waals surface area contributed by atoms with Crippen molar-refractivity contribution in [2.45, 2.75) is 13.0 Å². The SMILES string of the molecule is CCNC(c1ccc(OC)c(OC)c1)c1cnn(C)c1. The van der Waals surface area contributed by atoms with E-state index in [0.717, 1.165) is 29.2 Å². The molecule has 0 amide bonds. The number of aromatic nitrogens is 2.